The Morgan fingerprint density at radius 3 is 2.64 bits per heavy atom. The third kappa shape index (κ3) is 3.99. The molecule has 0 fully saturated rings. The van der Waals surface area contributed by atoms with Gasteiger partial charge in [-0.25, -0.2) is 10.4 Å². The van der Waals surface area contributed by atoms with Gasteiger partial charge in [0.2, 0.25) is 5.95 Å². The van der Waals surface area contributed by atoms with Crippen LogP contribution in [0.4, 0.5) is 5.95 Å². The number of aromatic nitrogens is 2. The molecule has 3 rings (SSSR count). The first kappa shape index (κ1) is 18.7. The summed E-state index contributed by atoms with van der Waals surface area (Å²) in [4.78, 5) is 19.1. The number of hydrogen-bond acceptors (Lipinski definition) is 7. The summed E-state index contributed by atoms with van der Waals surface area (Å²) in [5.74, 6) is 1.36. The number of methoxy groups -OCH3 is 2. The number of H-pyrrole nitrogens is 1. The van der Waals surface area contributed by atoms with Gasteiger partial charge in [0.25, 0.3) is 5.56 Å². The Labute approximate surface area is 161 Å². The second-order valence-corrected chi connectivity index (χ2v) is 5.59. The van der Waals surface area contributed by atoms with Gasteiger partial charge < -0.3 is 9.47 Å². The van der Waals surface area contributed by atoms with E-state index in [1.54, 1.807) is 56.7 Å². The zero-order chi connectivity index (χ0) is 19.9. The molecule has 0 saturated heterocycles. The van der Waals surface area contributed by atoms with Gasteiger partial charge in [-0.15, -0.1) is 0 Å². The standard InChI is InChI=1S/C20H17N5O3/c1-27-15-9-8-14(17(10-15)28-2)12-22-25-20-23-18(13-6-4-3-5-7-13)16(11-21)19(26)24-20/h3-10,12H,1-2H3,(H2,23,24,25,26). The molecule has 0 aliphatic heterocycles. The topological polar surface area (TPSA) is 112 Å². The molecule has 3 aromatic rings. The summed E-state index contributed by atoms with van der Waals surface area (Å²) in [5, 5.41) is 13.4. The molecular weight excluding hydrogens is 358 g/mol. The first-order valence-electron chi connectivity index (χ1n) is 8.27. The van der Waals surface area contributed by atoms with E-state index in [1.165, 1.54) is 6.21 Å². The molecule has 0 aliphatic rings. The molecule has 1 heterocycles. The number of nitriles is 1. The van der Waals surface area contributed by atoms with E-state index in [2.05, 4.69) is 20.5 Å². The van der Waals surface area contributed by atoms with Crippen LogP contribution in [0.2, 0.25) is 0 Å². The summed E-state index contributed by atoms with van der Waals surface area (Å²) in [7, 11) is 3.12. The summed E-state index contributed by atoms with van der Waals surface area (Å²) in [6.45, 7) is 0. The van der Waals surface area contributed by atoms with Gasteiger partial charge in [0, 0.05) is 17.2 Å². The van der Waals surface area contributed by atoms with Crippen LogP contribution in [-0.2, 0) is 0 Å². The third-order valence-corrected chi connectivity index (χ3v) is 3.89. The Balaban J connectivity index is 1.90. The van der Waals surface area contributed by atoms with Gasteiger partial charge in [-0.3, -0.25) is 9.78 Å². The molecule has 0 bridgehead atoms. The molecule has 2 aromatic carbocycles. The summed E-state index contributed by atoms with van der Waals surface area (Å²) in [6.07, 6.45) is 1.53. The van der Waals surface area contributed by atoms with Crippen LogP contribution in [0.25, 0.3) is 11.3 Å². The van der Waals surface area contributed by atoms with Crippen molar-refractivity contribution in [3.63, 3.8) is 0 Å². The molecule has 0 amide bonds. The van der Waals surface area contributed by atoms with Crippen molar-refractivity contribution in [3.05, 3.63) is 70.0 Å². The smallest absolute Gasteiger partial charge is 0.270 e. The molecule has 0 saturated carbocycles. The average molecular weight is 375 g/mol. The number of aromatic amines is 1. The van der Waals surface area contributed by atoms with Crippen molar-refractivity contribution in [3.8, 4) is 28.8 Å². The van der Waals surface area contributed by atoms with Crippen LogP contribution in [0.5, 0.6) is 11.5 Å². The van der Waals surface area contributed by atoms with Gasteiger partial charge in [0.05, 0.1) is 26.1 Å². The minimum Gasteiger partial charge on any atom is -0.497 e. The molecule has 28 heavy (non-hydrogen) atoms. The number of hydrazone groups is 1. The van der Waals surface area contributed by atoms with Gasteiger partial charge in [-0.1, -0.05) is 30.3 Å². The van der Waals surface area contributed by atoms with Gasteiger partial charge in [0.15, 0.2) is 0 Å². The largest absolute Gasteiger partial charge is 0.497 e. The summed E-state index contributed by atoms with van der Waals surface area (Å²) in [5.41, 5.74) is 3.73. The van der Waals surface area contributed by atoms with Crippen LogP contribution in [0.15, 0.2) is 58.4 Å². The first-order chi connectivity index (χ1) is 13.7. The molecule has 0 atom stereocenters. The maximum atomic E-state index is 12.2. The molecule has 8 nitrogen and oxygen atoms in total. The van der Waals surface area contributed by atoms with E-state index in [0.29, 0.717) is 22.6 Å². The van der Waals surface area contributed by atoms with Crippen LogP contribution < -0.4 is 20.5 Å². The highest BCUT2D eigenvalue weighted by Gasteiger charge is 2.12. The van der Waals surface area contributed by atoms with Crippen molar-refractivity contribution in [1.82, 2.24) is 9.97 Å². The Hall–Kier alpha value is -4.12. The monoisotopic (exact) mass is 375 g/mol. The number of nitrogens with one attached hydrogen (secondary N) is 2. The van der Waals surface area contributed by atoms with Crippen molar-refractivity contribution >= 4 is 12.2 Å². The summed E-state index contributed by atoms with van der Waals surface area (Å²) < 4.78 is 10.5. The molecule has 1 aromatic heterocycles. The van der Waals surface area contributed by atoms with Crippen LogP contribution >= 0.6 is 0 Å². The highest BCUT2D eigenvalue weighted by atomic mass is 16.5. The number of ether oxygens (including phenoxy) is 2. The average Bonchev–Trinajstić information content (AvgIpc) is 2.74. The SMILES string of the molecule is COc1ccc(C=NNc2nc(-c3ccccc3)c(C#N)c(=O)[nH]2)c(OC)c1. The lowest BCUT2D eigenvalue weighted by molar-refractivity contribution is 0.394. The Morgan fingerprint density at radius 2 is 1.96 bits per heavy atom. The number of nitrogens with zero attached hydrogens (tertiary/aromatic N) is 3. The Morgan fingerprint density at radius 1 is 1.18 bits per heavy atom. The molecule has 140 valence electrons. The van der Waals surface area contributed by atoms with E-state index in [9.17, 15) is 10.1 Å². The predicted octanol–water partition coefficient (Wildman–Crippen LogP) is 2.77. The molecule has 0 unspecified atom stereocenters. The predicted molar refractivity (Wildman–Crippen MR) is 106 cm³/mol. The molecular formula is C20H17N5O3. The van der Waals surface area contributed by atoms with E-state index < -0.39 is 5.56 Å². The second-order valence-electron chi connectivity index (χ2n) is 5.59. The van der Waals surface area contributed by atoms with E-state index in [4.69, 9.17) is 9.47 Å². The number of anilines is 1. The first-order valence-corrected chi connectivity index (χ1v) is 8.27. The highest BCUT2D eigenvalue weighted by molar-refractivity contribution is 5.84. The van der Waals surface area contributed by atoms with Crippen molar-refractivity contribution in [2.45, 2.75) is 0 Å². The minimum absolute atomic E-state index is 0.0578. The van der Waals surface area contributed by atoms with E-state index in [-0.39, 0.29) is 17.2 Å². The maximum absolute atomic E-state index is 12.2. The number of rotatable bonds is 6. The quantitative estimate of drug-likeness (QED) is 0.506. The van der Waals surface area contributed by atoms with Crippen molar-refractivity contribution in [1.29, 1.82) is 5.26 Å². The summed E-state index contributed by atoms with van der Waals surface area (Å²) in [6, 6.07) is 16.2. The molecule has 0 spiro atoms. The second kappa shape index (κ2) is 8.51. The number of hydrogen-bond donors (Lipinski definition) is 2. The van der Waals surface area contributed by atoms with Gasteiger partial charge >= 0.3 is 0 Å². The summed E-state index contributed by atoms with van der Waals surface area (Å²) >= 11 is 0. The lowest BCUT2D eigenvalue weighted by Crippen LogP contribution is -2.16. The lowest BCUT2D eigenvalue weighted by atomic mass is 10.1. The molecule has 0 aliphatic carbocycles. The lowest BCUT2D eigenvalue weighted by Gasteiger charge is -2.07. The Kier molecular flexibility index (Phi) is 5.67. The van der Waals surface area contributed by atoms with Crippen molar-refractivity contribution < 1.29 is 9.47 Å². The zero-order valence-corrected chi connectivity index (χ0v) is 15.3. The third-order valence-electron chi connectivity index (χ3n) is 3.89. The van der Waals surface area contributed by atoms with Crippen LogP contribution in [0.1, 0.15) is 11.1 Å². The van der Waals surface area contributed by atoms with Crippen molar-refractivity contribution in [2.75, 3.05) is 19.6 Å². The normalized spacial score (nSPS) is 10.5. The van der Waals surface area contributed by atoms with Gasteiger partial charge in [-0.05, 0) is 12.1 Å². The van der Waals surface area contributed by atoms with Gasteiger partial charge in [-0.2, -0.15) is 10.4 Å². The van der Waals surface area contributed by atoms with Crippen molar-refractivity contribution in [2.24, 2.45) is 5.10 Å². The van der Waals surface area contributed by atoms with E-state index in [0.717, 1.165) is 0 Å². The molecule has 0 radical (unpaired) electrons. The molecule has 8 heteroatoms. The van der Waals surface area contributed by atoms with E-state index in [1.807, 2.05) is 12.1 Å². The molecule has 2 N–H and O–H groups in total. The fourth-order valence-corrected chi connectivity index (χ4v) is 2.52. The maximum Gasteiger partial charge on any atom is 0.270 e. The fourth-order valence-electron chi connectivity index (χ4n) is 2.52. The van der Waals surface area contributed by atoms with Crippen LogP contribution in [0, 0.1) is 11.3 Å². The minimum atomic E-state index is -0.545. The van der Waals surface area contributed by atoms with Gasteiger partial charge in [0.1, 0.15) is 23.1 Å². The number of benzene rings is 2. The van der Waals surface area contributed by atoms with E-state index >= 15 is 0 Å². The van der Waals surface area contributed by atoms with Crippen LogP contribution in [-0.4, -0.2) is 30.4 Å². The fraction of sp³-hybridized carbons (Fsp3) is 0.100. The Bertz CT molecular complexity index is 1100. The highest BCUT2D eigenvalue weighted by Crippen LogP contribution is 2.23. The van der Waals surface area contributed by atoms with Crippen LogP contribution in [0.3, 0.4) is 0 Å². The zero-order valence-electron chi connectivity index (χ0n) is 15.3.